The molecule has 0 bridgehead atoms. The Morgan fingerprint density at radius 2 is 1.91 bits per heavy atom. The van der Waals surface area contributed by atoms with Gasteiger partial charge in [0.25, 0.3) is 0 Å². The third kappa shape index (κ3) is 7.36. The van der Waals surface area contributed by atoms with Crippen LogP contribution in [-0.2, 0) is 19.1 Å². The minimum absolute atomic E-state index is 0.00664. The van der Waals surface area contributed by atoms with E-state index in [9.17, 15) is 14.4 Å². The van der Waals surface area contributed by atoms with E-state index in [-0.39, 0.29) is 49.8 Å². The standard InChI is InChI=1S/C24H32N4O4S/c1-17-16-33-24(25-17)27-20(29)12-13-21(30)28(14-15-32-2)22(18-8-4-3-5-9-18)23(31)26-19-10-6-7-11-19/h3-5,8-9,16,19,22H,6-7,10-15H2,1-2H3,(H,26,31)(H,25,27,29)/t22-/m0/s1. The second-order valence-electron chi connectivity index (χ2n) is 8.23. The van der Waals surface area contributed by atoms with Gasteiger partial charge >= 0.3 is 0 Å². The molecule has 0 radical (unpaired) electrons. The Morgan fingerprint density at radius 1 is 1.18 bits per heavy atom. The number of hydrogen-bond donors (Lipinski definition) is 2. The molecule has 1 aromatic heterocycles. The molecule has 1 aliphatic rings. The lowest BCUT2D eigenvalue weighted by atomic mass is 10.0. The third-order valence-electron chi connectivity index (χ3n) is 5.66. The number of carbonyl (C=O) groups is 3. The number of aromatic nitrogens is 1. The van der Waals surface area contributed by atoms with E-state index in [1.54, 1.807) is 7.11 Å². The van der Waals surface area contributed by atoms with Gasteiger partial charge in [0, 0.05) is 37.9 Å². The summed E-state index contributed by atoms with van der Waals surface area (Å²) in [5, 5.41) is 8.22. The summed E-state index contributed by atoms with van der Waals surface area (Å²) < 4.78 is 5.22. The number of hydrogen-bond acceptors (Lipinski definition) is 6. The van der Waals surface area contributed by atoms with Gasteiger partial charge in [0.15, 0.2) is 5.13 Å². The van der Waals surface area contributed by atoms with Crippen LogP contribution < -0.4 is 10.6 Å². The van der Waals surface area contributed by atoms with Crippen molar-refractivity contribution in [2.24, 2.45) is 0 Å². The average molecular weight is 473 g/mol. The fourth-order valence-electron chi connectivity index (χ4n) is 4.00. The lowest BCUT2D eigenvalue weighted by Crippen LogP contribution is -2.47. The van der Waals surface area contributed by atoms with Gasteiger partial charge in [0.1, 0.15) is 6.04 Å². The first-order valence-electron chi connectivity index (χ1n) is 11.3. The average Bonchev–Trinajstić information content (AvgIpc) is 3.47. The lowest BCUT2D eigenvalue weighted by molar-refractivity contribution is -0.142. The van der Waals surface area contributed by atoms with Crippen LogP contribution in [0.4, 0.5) is 5.13 Å². The first-order valence-corrected chi connectivity index (χ1v) is 12.2. The van der Waals surface area contributed by atoms with E-state index in [0.29, 0.717) is 5.13 Å². The summed E-state index contributed by atoms with van der Waals surface area (Å²) in [5.41, 5.74) is 1.57. The smallest absolute Gasteiger partial charge is 0.247 e. The van der Waals surface area contributed by atoms with Gasteiger partial charge in [-0.05, 0) is 25.3 Å². The number of amides is 3. The first kappa shape index (κ1) is 24.9. The maximum absolute atomic E-state index is 13.4. The largest absolute Gasteiger partial charge is 0.383 e. The first-order chi connectivity index (χ1) is 16.0. The van der Waals surface area contributed by atoms with Crippen molar-refractivity contribution in [1.82, 2.24) is 15.2 Å². The summed E-state index contributed by atoms with van der Waals surface area (Å²) in [6, 6.07) is 8.64. The number of benzene rings is 1. The van der Waals surface area contributed by atoms with Crippen LogP contribution in [0, 0.1) is 6.92 Å². The van der Waals surface area contributed by atoms with Crippen LogP contribution >= 0.6 is 11.3 Å². The number of anilines is 1. The monoisotopic (exact) mass is 472 g/mol. The summed E-state index contributed by atoms with van der Waals surface area (Å²) in [6.07, 6.45) is 4.10. The zero-order chi connectivity index (χ0) is 23.6. The number of methoxy groups -OCH3 is 1. The van der Waals surface area contributed by atoms with Gasteiger partial charge < -0.3 is 20.3 Å². The zero-order valence-electron chi connectivity index (χ0n) is 19.2. The fourth-order valence-corrected chi connectivity index (χ4v) is 4.71. The molecule has 1 aliphatic carbocycles. The highest BCUT2D eigenvalue weighted by atomic mass is 32.1. The molecule has 1 heterocycles. The van der Waals surface area contributed by atoms with Crippen LogP contribution in [0.1, 0.15) is 55.8 Å². The Kier molecular flexibility index (Phi) is 9.38. The van der Waals surface area contributed by atoms with Gasteiger partial charge in [-0.15, -0.1) is 11.3 Å². The highest BCUT2D eigenvalue weighted by Gasteiger charge is 2.32. The van der Waals surface area contributed by atoms with Crippen LogP contribution in [0.15, 0.2) is 35.7 Å². The lowest BCUT2D eigenvalue weighted by Gasteiger charge is -2.32. The number of nitrogens with zero attached hydrogens (tertiary/aromatic N) is 2. The topological polar surface area (TPSA) is 101 Å². The maximum Gasteiger partial charge on any atom is 0.247 e. The molecule has 178 valence electrons. The molecule has 1 aromatic carbocycles. The molecule has 0 saturated heterocycles. The molecule has 3 amide bonds. The summed E-state index contributed by atoms with van der Waals surface area (Å²) in [7, 11) is 1.56. The van der Waals surface area contributed by atoms with E-state index in [1.165, 1.54) is 16.2 Å². The van der Waals surface area contributed by atoms with Crippen molar-refractivity contribution in [2.75, 3.05) is 25.6 Å². The molecule has 9 heteroatoms. The Hall–Kier alpha value is -2.78. The van der Waals surface area contributed by atoms with Crippen molar-refractivity contribution in [1.29, 1.82) is 0 Å². The molecule has 8 nitrogen and oxygen atoms in total. The second kappa shape index (κ2) is 12.5. The molecule has 1 fully saturated rings. The van der Waals surface area contributed by atoms with Crippen molar-refractivity contribution in [3.8, 4) is 0 Å². The number of thiazole rings is 1. The Bertz CT molecular complexity index is 928. The fraction of sp³-hybridized carbons (Fsp3) is 0.500. The molecule has 0 aliphatic heterocycles. The Balaban J connectivity index is 1.72. The number of carbonyl (C=O) groups excluding carboxylic acids is 3. The molecule has 3 rings (SSSR count). The summed E-state index contributed by atoms with van der Waals surface area (Å²) in [6.45, 7) is 2.39. The van der Waals surface area contributed by atoms with Crippen LogP contribution in [0.5, 0.6) is 0 Å². The van der Waals surface area contributed by atoms with Crippen LogP contribution in [0.3, 0.4) is 0 Å². The molecular formula is C24H32N4O4S. The molecule has 1 atom stereocenters. The summed E-state index contributed by atoms with van der Waals surface area (Å²) >= 11 is 1.34. The second-order valence-corrected chi connectivity index (χ2v) is 9.08. The molecular weight excluding hydrogens is 440 g/mol. The number of aryl methyl sites for hydroxylation is 1. The van der Waals surface area contributed by atoms with E-state index in [0.717, 1.165) is 36.9 Å². The summed E-state index contributed by atoms with van der Waals surface area (Å²) in [5.74, 6) is -0.746. The number of rotatable bonds is 11. The zero-order valence-corrected chi connectivity index (χ0v) is 20.0. The molecule has 2 N–H and O–H groups in total. The van der Waals surface area contributed by atoms with Gasteiger partial charge in [0.2, 0.25) is 17.7 Å². The third-order valence-corrected chi connectivity index (χ3v) is 6.54. The summed E-state index contributed by atoms with van der Waals surface area (Å²) in [4.78, 5) is 44.7. The van der Waals surface area contributed by atoms with Gasteiger partial charge in [-0.1, -0.05) is 43.2 Å². The van der Waals surface area contributed by atoms with Gasteiger partial charge in [-0.25, -0.2) is 4.98 Å². The predicted molar refractivity (Wildman–Crippen MR) is 128 cm³/mol. The molecule has 2 aromatic rings. The van der Waals surface area contributed by atoms with Crippen LogP contribution in [-0.4, -0.2) is 53.9 Å². The quantitative estimate of drug-likeness (QED) is 0.522. The van der Waals surface area contributed by atoms with Crippen LogP contribution in [0.2, 0.25) is 0 Å². The van der Waals surface area contributed by atoms with Crippen molar-refractivity contribution in [3.63, 3.8) is 0 Å². The SMILES string of the molecule is COCCN(C(=O)CCC(=O)Nc1nc(C)cs1)[C@H](C(=O)NC1CCCC1)c1ccccc1. The highest BCUT2D eigenvalue weighted by molar-refractivity contribution is 7.13. The molecule has 0 unspecified atom stereocenters. The Morgan fingerprint density at radius 3 is 2.55 bits per heavy atom. The van der Waals surface area contributed by atoms with Crippen molar-refractivity contribution in [3.05, 3.63) is 47.0 Å². The maximum atomic E-state index is 13.4. The van der Waals surface area contributed by atoms with Crippen molar-refractivity contribution < 1.29 is 19.1 Å². The molecule has 1 saturated carbocycles. The molecule has 33 heavy (non-hydrogen) atoms. The number of nitrogens with one attached hydrogen (secondary N) is 2. The minimum atomic E-state index is -0.779. The van der Waals surface area contributed by atoms with E-state index in [4.69, 9.17) is 4.74 Å². The van der Waals surface area contributed by atoms with E-state index in [1.807, 2.05) is 42.6 Å². The Labute approximate surface area is 198 Å². The molecule has 0 spiro atoms. The predicted octanol–water partition coefficient (Wildman–Crippen LogP) is 3.45. The van der Waals surface area contributed by atoms with Gasteiger partial charge in [-0.2, -0.15) is 0 Å². The van der Waals surface area contributed by atoms with E-state index < -0.39 is 6.04 Å². The minimum Gasteiger partial charge on any atom is -0.383 e. The van der Waals surface area contributed by atoms with Gasteiger partial charge in [0.05, 0.1) is 12.3 Å². The highest BCUT2D eigenvalue weighted by Crippen LogP contribution is 2.25. The van der Waals surface area contributed by atoms with E-state index in [2.05, 4.69) is 15.6 Å². The van der Waals surface area contributed by atoms with E-state index >= 15 is 0 Å². The van der Waals surface area contributed by atoms with Crippen LogP contribution in [0.25, 0.3) is 0 Å². The van der Waals surface area contributed by atoms with Crippen molar-refractivity contribution >= 4 is 34.2 Å². The van der Waals surface area contributed by atoms with Gasteiger partial charge in [-0.3, -0.25) is 14.4 Å². The number of ether oxygens (including phenoxy) is 1. The normalized spacial score (nSPS) is 14.6. The van der Waals surface area contributed by atoms with Crippen molar-refractivity contribution in [2.45, 2.75) is 57.5 Å².